The third-order valence-electron chi connectivity index (χ3n) is 5.10. The predicted octanol–water partition coefficient (Wildman–Crippen LogP) is 0.165. The van der Waals surface area contributed by atoms with Crippen molar-refractivity contribution < 1.29 is 49.9 Å². The smallest absolute Gasteiger partial charge is 0.328 e. The van der Waals surface area contributed by atoms with Gasteiger partial charge in [-0.2, -0.15) is 0 Å². The summed E-state index contributed by atoms with van der Waals surface area (Å²) in [5, 5.41) is 51.8. The first-order valence-electron chi connectivity index (χ1n) is 12.4. The maximum atomic E-state index is 13.1. The molecule has 1 heterocycles. The van der Waals surface area contributed by atoms with Crippen molar-refractivity contribution in [2.45, 2.75) is 12.8 Å². The van der Waals surface area contributed by atoms with E-state index in [0.29, 0.717) is 85.9 Å². The summed E-state index contributed by atoms with van der Waals surface area (Å²) in [7, 11) is 0. The Balaban J connectivity index is 0.000000476. The average molecular weight is 602 g/mol. The van der Waals surface area contributed by atoms with Crippen molar-refractivity contribution in [1.82, 2.24) is 4.73 Å². The van der Waals surface area contributed by atoms with E-state index in [9.17, 15) is 34.3 Å². The summed E-state index contributed by atoms with van der Waals surface area (Å²) in [5.74, 6) is -5.08. The minimum atomic E-state index is -1.26. The van der Waals surface area contributed by atoms with Crippen molar-refractivity contribution in [2.24, 2.45) is 21.5 Å². The molecule has 0 aromatic rings. The summed E-state index contributed by atoms with van der Waals surface area (Å²) in [6.07, 6.45) is 9.73. The summed E-state index contributed by atoms with van der Waals surface area (Å²) >= 11 is 0. The number of nitrogens with two attached hydrogens (primary N) is 2. The van der Waals surface area contributed by atoms with E-state index in [1.54, 1.807) is 12.2 Å². The largest absolute Gasteiger partial charge is 0.507 e. The lowest BCUT2D eigenvalue weighted by Gasteiger charge is -2.20. The molecule has 0 fully saturated rings. The van der Waals surface area contributed by atoms with Gasteiger partial charge < -0.3 is 42.2 Å². The van der Waals surface area contributed by atoms with Gasteiger partial charge in [0.2, 0.25) is 0 Å². The summed E-state index contributed by atoms with van der Waals surface area (Å²) in [5.41, 5.74) is 13.0. The lowest BCUT2D eigenvalue weighted by Crippen LogP contribution is -2.26. The van der Waals surface area contributed by atoms with Crippen LogP contribution in [0, 0.1) is 0 Å². The number of rotatable bonds is 10. The normalized spacial score (nSPS) is 13.8. The van der Waals surface area contributed by atoms with E-state index >= 15 is 0 Å². The molecule has 0 aromatic heterocycles. The van der Waals surface area contributed by atoms with E-state index < -0.39 is 23.9 Å². The zero-order chi connectivity index (χ0) is 32.5. The molecule has 0 aromatic carbocycles. The number of benzene rings is 1. The number of fused-ring (bicyclic) bond motifs is 2. The molecule has 3 rings (SSSR count). The Morgan fingerprint density at radius 1 is 0.744 bits per heavy atom. The van der Waals surface area contributed by atoms with Crippen LogP contribution in [0.15, 0.2) is 69.7 Å². The predicted molar refractivity (Wildman–Crippen MR) is 154 cm³/mol. The van der Waals surface area contributed by atoms with Crippen molar-refractivity contribution in [2.75, 3.05) is 26.2 Å². The summed E-state index contributed by atoms with van der Waals surface area (Å²) in [6.45, 7) is 1.97. The zero-order valence-corrected chi connectivity index (χ0v) is 22.7. The number of aromatic hydroxyl groups is 1. The molecule has 230 valence electrons. The first-order valence-corrected chi connectivity index (χ1v) is 12.4. The second-order valence-electron chi connectivity index (χ2n) is 8.25. The molecule has 3 aliphatic rings. The summed E-state index contributed by atoms with van der Waals surface area (Å²) in [4.78, 5) is 60.3. The van der Waals surface area contributed by atoms with Crippen molar-refractivity contribution in [3.05, 3.63) is 76.3 Å². The Morgan fingerprint density at radius 2 is 1.16 bits per heavy atom. The second kappa shape index (κ2) is 17.9. The molecule has 16 nitrogen and oxygen atoms in total. The van der Waals surface area contributed by atoms with Crippen molar-refractivity contribution in [1.29, 1.82) is 0 Å². The quantitative estimate of drug-likeness (QED) is 0.102. The second-order valence-corrected chi connectivity index (χ2v) is 8.25. The zero-order valence-electron chi connectivity index (χ0n) is 22.7. The molecule has 0 saturated carbocycles. The number of allylic oxidation sites excluding steroid dienone is 2. The highest BCUT2D eigenvalue weighted by Gasteiger charge is 2.28. The molecule has 0 bridgehead atoms. The molecule has 1 aliphatic heterocycles. The molecule has 16 heteroatoms. The van der Waals surface area contributed by atoms with Crippen molar-refractivity contribution in [3.8, 4) is 16.9 Å². The van der Waals surface area contributed by atoms with Crippen molar-refractivity contribution in [3.63, 3.8) is 0 Å². The highest BCUT2D eigenvalue weighted by atomic mass is 16.5. The van der Waals surface area contributed by atoms with Crippen LogP contribution in [0.1, 0.15) is 24.0 Å². The number of hydrogen-bond donors (Lipinski definition) is 8. The highest BCUT2D eigenvalue weighted by Crippen LogP contribution is 2.35. The maximum absolute atomic E-state index is 13.1. The van der Waals surface area contributed by atoms with Gasteiger partial charge in [0.25, 0.3) is 0 Å². The van der Waals surface area contributed by atoms with Gasteiger partial charge in [-0.05, 0) is 44.1 Å². The van der Waals surface area contributed by atoms with E-state index in [-0.39, 0.29) is 22.3 Å². The number of carboxylic acid groups (broad SMARTS) is 4. The molecular formula is C27H31N5O11. The van der Waals surface area contributed by atoms with Crippen LogP contribution in [0.5, 0.6) is 5.75 Å². The van der Waals surface area contributed by atoms with Crippen LogP contribution in [-0.2, 0) is 19.2 Å². The van der Waals surface area contributed by atoms with E-state index in [2.05, 4.69) is 9.98 Å². The highest BCUT2D eigenvalue weighted by molar-refractivity contribution is 6.27. The lowest BCUT2D eigenvalue weighted by molar-refractivity contribution is -0.134. The number of aliphatic imine (C=N–C) groups is 2. The third-order valence-corrected chi connectivity index (χ3v) is 5.10. The minimum absolute atomic E-state index is 0.0532. The van der Waals surface area contributed by atoms with Crippen LogP contribution in [0.2, 0.25) is 0 Å². The van der Waals surface area contributed by atoms with Gasteiger partial charge in [-0.3, -0.25) is 14.8 Å². The van der Waals surface area contributed by atoms with Gasteiger partial charge in [0.15, 0.2) is 5.43 Å². The lowest BCUT2D eigenvalue weighted by atomic mass is 9.86. The Hall–Kier alpha value is -5.61. The number of nitrogens with zero attached hydrogens (tertiary/aromatic N) is 3. The Morgan fingerprint density at radius 3 is 1.56 bits per heavy atom. The summed E-state index contributed by atoms with van der Waals surface area (Å²) < 4.78 is 0.787. The van der Waals surface area contributed by atoms with E-state index in [1.807, 2.05) is 0 Å². The third kappa shape index (κ3) is 11.8. The first-order chi connectivity index (χ1) is 20.3. The number of phenols is 1. The molecular weight excluding hydrogens is 570 g/mol. The van der Waals surface area contributed by atoms with E-state index in [4.69, 9.17) is 31.9 Å². The fourth-order valence-corrected chi connectivity index (χ4v) is 3.32. The Labute approximate surface area is 243 Å². The van der Waals surface area contributed by atoms with Crippen molar-refractivity contribution >= 4 is 35.3 Å². The molecule has 0 unspecified atom stereocenters. The summed E-state index contributed by atoms with van der Waals surface area (Å²) in [6, 6.07) is 1.49. The van der Waals surface area contributed by atoms with E-state index in [1.165, 1.54) is 18.5 Å². The van der Waals surface area contributed by atoms with Gasteiger partial charge in [0.05, 0.1) is 34.3 Å². The Kier molecular flexibility index (Phi) is 14.8. The van der Waals surface area contributed by atoms with Crippen LogP contribution in [0.3, 0.4) is 0 Å². The van der Waals surface area contributed by atoms with Crippen LogP contribution in [-0.4, -0.2) is 96.9 Å². The van der Waals surface area contributed by atoms with Crippen LogP contribution in [0.25, 0.3) is 11.1 Å². The molecule has 0 saturated heterocycles. The van der Waals surface area contributed by atoms with E-state index in [0.717, 1.165) is 4.73 Å². The van der Waals surface area contributed by atoms with Gasteiger partial charge in [-0.25, -0.2) is 23.9 Å². The maximum Gasteiger partial charge on any atom is 0.328 e. The number of aliphatic carboxylic acids is 4. The molecule has 43 heavy (non-hydrogen) atoms. The number of carboxylic acids is 4. The van der Waals surface area contributed by atoms with Crippen LogP contribution >= 0.6 is 0 Å². The minimum Gasteiger partial charge on any atom is -0.507 e. The topological polar surface area (TPSA) is 288 Å². The number of aromatic nitrogens is 1. The molecule has 0 spiro atoms. The number of phenolic OH excluding ortho intramolecular Hbond substituents is 1. The Bertz CT molecular complexity index is 1440. The fraction of sp³-hybridized carbons (Fsp3) is 0.222. The number of pyridine rings is 1. The number of hydrogen-bond acceptors (Lipinski definition) is 11. The monoisotopic (exact) mass is 601 g/mol. The molecule has 2 aliphatic carbocycles. The van der Waals surface area contributed by atoms with Crippen LogP contribution < -0.4 is 16.9 Å². The van der Waals surface area contributed by atoms with Gasteiger partial charge in [-0.1, -0.05) is 0 Å². The van der Waals surface area contributed by atoms with Gasteiger partial charge in [0, 0.05) is 49.2 Å². The van der Waals surface area contributed by atoms with Gasteiger partial charge >= 0.3 is 23.9 Å². The molecule has 10 N–H and O–H groups in total. The number of carbonyl (C=O) groups is 4. The molecule has 0 amide bonds. The molecule has 0 atom stereocenters. The first kappa shape index (κ1) is 35.4. The SMILES string of the molecule is NCCCN=C1C=CC(=NCCCN)c2c1c(O)c1ccn(O)cc-1c2=O.O=C(O)/C=C\C(=O)O.O=C(O)/C=C\C(=O)O. The average Bonchev–Trinajstić information content (AvgIpc) is 2.95. The van der Waals surface area contributed by atoms with Crippen LogP contribution in [0.4, 0.5) is 0 Å². The standard InChI is InChI=1S/C19H23N5O3.2C4H4O4/c20-6-1-8-22-14-3-4-15(23-9-2-7-21)17-16(14)18(25)12-5-10-24(27)11-13(12)19(17)26;2*5-3(6)1-2-4(7)8/h3-5,10-11,25,27H,1-2,6-9,20-21H2;2*1-2H,(H,5,6)(H,7,8)/b;2*2-1-. The van der Waals surface area contributed by atoms with Gasteiger partial charge in [-0.15, -0.1) is 0 Å². The fourth-order valence-electron chi connectivity index (χ4n) is 3.32. The molecule has 0 radical (unpaired) electrons. The van der Waals surface area contributed by atoms with Gasteiger partial charge in [0.1, 0.15) is 5.75 Å².